The van der Waals surface area contributed by atoms with Gasteiger partial charge in [0.25, 0.3) is 5.91 Å². The molecule has 9 heteroatoms. The second-order valence-corrected chi connectivity index (χ2v) is 8.54. The fourth-order valence-electron chi connectivity index (χ4n) is 4.65. The summed E-state index contributed by atoms with van der Waals surface area (Å²) in [7, 11) is 0. The van der Waals surface area contributed by atoms with Gasteiger partial charge in [-0.3, -0.25) is 19.9 Å². The molecule has 2 aliphatic heterocycles. The molecule has 1 atom stereocenters. The third-order valence-corrected chi connectivity index (χ3v) is 6.24. The number of nitrogens with zero attached hydrogens (tertiary/aromatic N) is 4. The Morgan fingerprint density at radius 2 is 2.06 bits per heavy atom. The zero-order chi connectivity index (χ0) is 23.7. The Balaban J connectivity index is 1.62. The van der Waals surface area contributed by atoms with E-state index in [2.05, 4.69) is 16.9 Å². The molecule has 0 aliphatic carbocycles. The largest absolute Gasteiger partial charge is 0.486 e. The Morgan fingerprint density at radius 3 is 2.88 bits per heavy atom. The molecule has 2 aromatic heterocycles. The van der Waals surface area contributed by atoms with Crippen LogP contribution in [-0.4, -0.2) is 57.6 Å². The van der Waals surface area contributed by atoms with E-state index >= 15 is 0 Å². The van der Waals surface area contributed by atoms with Crippen molar-refractivity contribution in [3.05, 3.63) is 54.4 Å². The molecule has 176 valence electrons. The van der Waals surface area contributed by atoms with Crippen molar-refractivity contribution in [3.8, 4) is 11.5 Å². The summed E-state index contributed by atoms with van der Waals surface area (Å²) in [6, 6.07) is 7.01. The zero-order valence-corrected chi connectivity index (χ0v) is 19.1. The summed E-state index contributed by atoms with van der Waals surface area (Å²) in [6.45, 7) is 7.55. The molecule has 0 radical (unpaired) electrons. The maximum atomic E-state index is 13.1. The van der Waals surface area contributed by atoms with Gasteiger partial charge in [-0.1, -0.05) is 6.58 Å². The van der Waals surface area contributed by atoms with Crippen LogP contribution in [-0.2, 0) is 4.79 Å². The summed E-state index contributed by atoms with van der Waals surface area (Å²) in [5.41, 5.74) is 2.70. The van der Waals surface area contributed by atoms with Crippen molar-refractivity contribution in [3.63, 3.8) is 0 Å². The van der Waals surface area contributed by atoms with Crippen LogP contribution < -0.4 is 14.8 Å². The van der Waals surface area contributed by atoms with E-state index < -0.39 is 0 Å². The van der Waals surface area contributed by atoms with Gasteiger partial charge in [-0.25, -0.2) is 4.98 Å². The first-order valence-electron chi connectivity index (χ1n) is 11.5. The predicted molar refractivity (Wildman–Crippen MR) is 127 cm³/mol. The van der Waals surface area contributed by atoms with Crippen molar-refractivity contribution < 1.29 is 19.1 Å². The van der Waals surface area contributed by atoms with Crippen LogP contribution in [0.5, 0.6) is 11.5 Å². The highest BCUT2D eigenvalue weighted by Crippen LogP contribution is 2.41. The van der Waals surface area contributed by atoms with E-state index in [0.717, 1.165) is 30.5 Å². The van der Waals surface area contributed by atoms with Crippen LogP contribution >= 0.6 is 0 Å². The number of benzene rings is 1. The van der Waals surface area contributed by atoms with Crippen molar-refractivity contribution in [1.82, 2.24) is 19.4 Å². The average Bonchev–Trinajstić information content (AvgIpc) is 3.04. The number of aryl methyl sites for hydroxylation is 1. The second-order valence-electron chi connectivity index (χ2n) is 8.54. The molecule has 0 spiro atoms. The molecular weight excluding hydrogens is 434 g/mol. The van der Waals surface area contributed by atoms with Crippen molar-refractivity contribution in [2.45, 2.75) is 32.2 Å². The standard InChI is InChI=1S/C25H27N5O4/c1-3-21(31)29-11-5-4-6-18(15-29)30-22-19(7-8-20-23(22)34-13-12-33-20)27-25(30)28-24(32)17-9-10-26-16(2)14-17/h3,7-10,14,18H,1,4-6,11-13,15H2,2H3,(H,27,28,32). The van der Waals surface area contributed by atoms with Gasteiger partial charge >= 0.3 is 0 Å². The monoisotopic (exact) mass is 461 g/mol. The van der Waals surface area contributed by atoms with Crippen LogP contribution in [0.25, 0.3) is 11.0 Å². The van der Waals surface area contributed by atoms with Gasteiger partial charge in [0.1, 0.15) is 18.7 Å². The van der Waals surface area contributed by atoms with Crippen LogP contribution in [0.2, 0.25) is 0 Å². The van der Waals surface area contributed by atoms with Gasteiger partial charge in [0.15, 0.2) is 11.5 Å². The van der Waals surface area contributed by atoms with Crippen molar-refractivity contribution in [2.75, 3.05) is 31.6 Å². The molecule has 1 N–H and O–H groups in total. The third kappa shape index (κ3) is 4.09. The molecule has 1 unspecified atom stereocenters. The number of aromatic nitrogens is 3. The summed E-state index contributed by atoms with van der Waals surface area (Å²) in [5, 5.41) is 2.99. The highest BCUT2D eigenvalue weighted by Gasteiger charge is 2.29. The number of likely N-dealkylation sites (tertiary alicyclic amines) is 1. The number of anilines is 1. The normalized spacial score (nSPS) is 17.8. The highest BCUT2D eigenvalue weighted by atomic mass is 16.6. The Hall–Kier alpha value is -3.88. The maximum absolute atomic E-state index is 13.1. The molecule has 5 rings (SSSR count). The lowest BCUT2D eigenvalue weighted by Crippen LogP contribution is -2.34. The van der Waals surface area contributed by atoms with E-state index in [-0.39, 0.29) is 17.9 Å². The fraction of sp³-hybridized carbons (Fsp3) is 0.360. The van der Waals surface area contributed by atoms with Crippen molar-refractivity contribution in [1.29, 1.82) is 0 Å². The Bertz CT molecular complexity index is 1270. The summed E-state index contributed by atoms with van der Waals surface area (Å²) in [6.07, 6.45) is 5.63. The van der Waals surface area contributed by atoms with E-state index in [4.69, 9.17) is 14.5 Å². The lowest BCUT2D eigenvalue weighted by atomic mass is 10.1. The van der Waals surface area contributed by atoms with Gasteiger partial charge in [0.05, 0.1) is 11.6 Å². The number of ether oxygens (including phenoxy) is 2. The molecule has 0 saturated carbocycles. The predicted octanol–water partition coefficient (Wildman–Crippen LogP) is 3.50. The first-order chi connectivity index (χ1) is 16.5. The lowest BCUT2D eigenvalue weighted by molar-refractivity contribution is -0.126. The maximum Gasteiger partial charge on any atom is 0.258 e. The van der Waals surface area contributed by atoms with E-state index in [1.54, 1.807) is 23.2 Å². The Labute approximate surface area is 197 Å². The molecule has 34 heavy (non-hydrogen) atoms. The topological polar surface area (TPSA) is 98.6 Å². The van der Waals surface area contributed by atoms with Gasteiger partial charge in [0.2, 0.25) is 11.9 Å². The number of hydrogen-bond donors (Lipinski definition) is 1. The van der Waals surface area contributed by atoms with Crippen LogP contribution in [0.15, 0.2) is 43.1 Å². The first kappa shape index (κ1) is 21.9. The summed E-state index contributed by atoms with van der Waals surface area (Å²) in [5.74, 6) is 1.30. The second kappa shape index (κ2) is 9.17. The van der Waals surface area contributed by atoms with E-state index in [9.17, 15) is 9.59 Å². The number of amides is 2. The van der Waals surface area contributed by atoms with E-state index in [1.807, 2.05) is 23.6 Å². The lowest BCUT2D eigenvalue weighted by Gasteiger charge is -2.27. The number of imidazole rings is 1. The van der Waals surface area contributed by atoms with E-state index in [0.29, 0.717) is 54.8 Å². The number of fused-ring (bicyclic) bond motifs is 3. The number of pyridine rings is 1. The average molecular weight is 462 g/mol. The molecule has 1 aromatic carbocycles. The first-order valence-corrected chi connectivity index (χ1v) is 11.5. The molecule has 0 bridgehead atoms. The minimum absolute atomic E-state index is 0.101. The molecule has 2 aliphatic rings. The molecule has 1 saturated heterocycles. The molecule has 4 heterocycles. The van der Waals surface area contributed by atoms with Gasteiger partial charge in [-0.15, -0.1) is 0 Å². The minimum Gasteiger partial charge on any atom is -0.486 e. The van der Waals surface area contributed by atoms with Crippen LogP contribution in [0.1, 0.15) is 41.4 Å². The molecule has 1 fully saturated rings. The van der Waals surface area contributed by atoms with Gasteiger partial charge in [-0.2, -0.15) is 0 Å². The Kier molecular flexibility index (Phi) is 5.91. The SMILES string of the molecule is C=CC(=O)N1CCCCC(n2c(NC(=O)c3ccnc(C)c3)nc3ccc4c(c32)OCCO4)C1. The Morgan fingerprint density at radius 1 is 1.21 bits per heavy atom. The minimum atomic E-state index is -0.277. The van der Waals surface area contributed by atoms with Gasteiger partial charge < -0.3 is 18.9 Å². The number of carbonyl (C=O) groups is 2. The summed E-state index contributed by atoms with van der Waals surface area (Å²) in [4.78, 5) is 36.3. The molecule has 2 amide bonds. The zero-order valence-electron chi connectivity index (χ0n) is 19.1. The number of carbonyl (C=O) groups excluding carboxylic acids is 2. The smallest absolute Gasteiger partial charge is 0.258 e. The molecule has 3 aromatic rings. The third-order valence-electron chi connectivity index (χ3n) is 6.24. The summed E-state index contributed by atoms with van der Waals surface area (Å²) < 4.78 is 13.8. The van der Waals surface area contributed by atoms with Crippen LogP contribution in [0.4, 0.5) is 5.95 Å². The van der Waals surface area contributed by atoms with Crippen LogP contribution in [0, 0.1) is 6.92 Å². The number of hydrogen-bond acceptors (Lipinski definition) is 6. The molecular formula is C25H27N5O4. The highest BCUT2D eigenvalue weighted by molar-refractivity contribution is 6.04. The fourth-order valence-corrected chi connectivity index (χ4v) is 4.65. The van der Waals surface area contributed by atoms with Crippen molar-refractivity contribution >= 4 is 28.8 Å². The number of nitrogens with one attached hydrogen (secondary N) is 1. The van der Waals surface area contributed by atoms with Crippen molar-refractivity contribution in [2.24, 2.45) is 0 Å². The van der Waals surface area contributed by atoms with Gasteiger partial charge in [-0.05, 0) is 56.5 Å². The molecule has 9 nitrogen and oxygen atoms in total. The van der Waals surface area contributed by atoms with Gasteiger partial charge in [0, 0.05) is 30.5 Å². The summed E-state index contributed by atoms with van der Waals surface area (Å²) >= 11 is 0. The van der Waals surface area contributed by atoms with Crippen LogP contribution in [0.3, 0.4) is 0 Å². The quantitative estimate of drug-likeness (QED) is 0.597. The number of rotatable bonds is 4. The van der Waals surface area contributed by atoms with E-state index in [1.165, 1.54) is 6.08 Å².